The first-order chi connectivity index (χ1) is 12.1. The number of benzene rings is 1. The van der Waals surface area contributed by atoms with Crippen molar-refractivity contribution in [3.05, 3.63) is 34.6 Å². The Balaban J connectivity index is 1.65. The van der Waals surface area contributed by atoms with Crippen LogP contribution in [-0.4, -0.2) is 71.5 Å². The van der Waals surface area contributed by atoms with E-state index in [9.17, 15) is 9.59 Å². The number of H-pyrrole nitrogens is 1. The van der Waals surface area contributed by atoms with Gasteiger partial charge in [-0.1, -0.05) is 12.1 Å². The number of nitrogens with zero attached hydrogens (tertiary/aromatic N) is 4. The van der Waals surface area contributed by atoms with Crippen LogP contribution in [0, 0.1) is 0 Å². The number of likely N-dealkylation sites (N-methyl/N-ethyl adjacent to an activating group) is 1. The van der Waals surface area contributed by atoms with E-state index in [2.05, 4.69) is 19.8 Å². The smallest absolute Gasteiger partial charge is 0.260 e. The van der Waals surface area contributed by atoms with Crippen LogP contribution >= 0.6 is 0 Å². The number of piperazine rings is 1. The van der Waals surface area contributed by atoms with Crippen LogP contribution in [0.25, 0.3) is 10.9 Å². The largest absolute Gasteiger partial charge is 0.342 e. The summed E-state index contributed by atoms with van der Waals surface area (Å²) in [5, 5.41) is 0.606. The molecule has 2 heterocycles. The molecule has 0 spiro atoms. The number of carbonyl (C=O) groups is 1. The number of carbonyl (C=O) groups excluding carboxylic acids is 1. The van der Waals surface area contributed by atoms with Gasteiger partial charge in [-0.05, 0) is 26.0 Å². The van der Waals surface area contributed by atoms with Gasteiger partial charge >= 0.3 is 0 Å². The molecule has 0 saturated carbocycles. The molecule has 1 aliphatic heterocycles. The van der Waals surface area contributed by atoms with Crippen molar-refractivity contribution in [1.82, 2.24) is 19.8 Å². The zero-order valence-electron chi connectivity index (χ0n) is 14.9. The van der Waals surface area contributed by atoms with E-state index < -0.39 is 0 Å². The minimum Gasteiger partial charge on any atom is -0.342 e. The molecule has 1 aromatic heterocycles. The minimum absolute atomic E-state index is 0.111. The van der Waals surface area contributed by atoms with Gasteiger partial charge in [-0.2, -0.15) is 0 Å². The first-order valence-corrected chi connectivity index (χ1v) is 8.86. The lowest BCUT2D eigenvalue weighted by molar-refractivity contribution is -0.132. The zero-order valence-corrected chi connectivity index (χ0v) is 14.9. The number of nitrogens with one attached hydrogen (secondary N) is 1. The number of hydrogen-bond donors (Lipinski definition) is 1. The van der Waals surface area contributed by atoms with Crippen molar-refractivity contribution in [2.45, 2.75) is 13.8 Å². The highest BCUT2D eigenvalue weighted by molar-refractivity contribution is 5.79. The lowest BCUT2D eigenvalue weighted by Crippen LogP contribution is -2.50. The molecule has 3 rings (SSSR count). The van der Waals surface area contributed by atoms with Gasteiger partial charge in [0.1, 0.15) is 0 Å². The standard InChI is InChI=1S/C18H25N5O2/c1-3-22(4-2)16(24)13-21-9-11-23(12-10-21)18-19-15-8-6-5-7-14(15)17(25)20-18/h5-8H,3-4,9-13H2,1-2H3,(H,19,20,25). The maximum absolute atomic E-state index is 12.2. The van der Waals surface area contributed by atoms with Crippen LogP contribution < -0.4 is 10.5 Å². The average molecular weight is 343 g/mol. The zero-order chi connectivity index (χ0) is 17.8. The normalized spacial score (nSPS) is 15.5. The summed E-state index contributed by atoms with van der Waals surface area (Å²) in [4.78, 5) is 38.0. The van der Waals surface area contributed by atoms with Crippen LogP contribution in [0.5, 0.6) is 0 Å². The second-order valence-corrected chi connectivity index (χ2v) is 6.24. The predicted molar refractivity (Wildman–Crippen MR) is 98.9 cm³/mol. The van der Waals surface area contributed by atoms with E-state index >= 15 is 0 Å². The highest BCUT2D eigenvalue weighted by Crippen LogP contribution is 2.13. The SMILES string of the molecule is CCN(CC)C(=O)CN1CCN(c2nc3ccccc3c(=O)[nH]2)CC1. The van der Waals surface area contributed by atoms with Crippen LogP contribution in [0.2, 0.25) is 0 Å². The molecule has 1 fully saturated rings. The lowest BCUT2D eigenvalue weighted by atomic mass is 10.2. The molecular formula is C18H25N5O2. The fourth-order valence-corrected chi connectivity index (χ4v) is 3.21. The second-order valence-electron chi connectivity index (χ2n) is 6.24. The van der Waals surface area contributed by atoms with Gasteiger partial charge in [0.15, 0.2) is 0 Å². The van der Waals surface area contributed by atoms with Gasteiger partial charge in [-0.15, -0.1) is 0 Å². The monoisotopic (exact) mass is 343 g/mol. The number of amides is 1. The summed E-state index contributed by atoms with van der Waals surface area (Å²) in [5.41, 5.74) is 0.597. The Labute approximate surface area is 147 Å². The third kappa shape index (κ3) is 3.82. The summed E-state index contributed by atoms with van der Waals surface area (Å²) in [5.74, 6) is 0.786. The first kappa shape index (κ1) is 17.4. The molecule has 0 atom stereocenters. The third-order valence-electron chi connectivity index (χ3n) is 4.75. The molecule has 0 radical (unpaired) electrons. The Morgan fingerprint density at radius 2 is 1.84 bits per heavy atom. The van der Waals surface area contributed by atoms with Gasteiger partial charge in [0.2, 0.25) is 11.9 Å². The maximum Gasteiger partial charge on any atom is 0.260 e. The van der Waals surface area contributed by atoms with Crippen LogP contribution in [-0.2, 0) is 4.79 Å². The van der Waals surface area contributed by atoms with Gasteiger partial charge in [0.25, 0.3) is 5.56 Å². The Kier molecular flexibility index (Phi) is 5.33. The van der Waals surface area contributed by atoms with Gasteiger partial charge in [-0.3, -0.25) is 19.5 Å². The number of aromatic nitrogens is 2. The van der Waals surface area contributed by atoms with Crippen LogP contribution in [0.15, 0.2) is 29.1 Å². The van der Waals surface area contributed by atoms with E-state index in [4.69, 9.17) is 0 Å². The molecule has 0 aliphatic carbocycles. The minimum atomic E-state index is -0.111. The number of fused-ring (bicyclic) bond motifs is 1. The molecular weight excluding hydrogens is 318 g/mol. The molecule has 0 unspecified atom stereocenters. The summed E-state index contributed by atoms with van der Waals surface area (Å²) < 4.78 is 0. The number of rotatable bonds is 5. The Hall–Kier alpha value is -2.41. The van der Waals surface area contributed by atoms with E-state index in [0.717, 1.165) is 39.3 Å². The highest BCUT2D eigenvalue weighted by atomic mass is 16.2. The quantitative estimate of drug-likeness (QED) is 0.874. The molecule has 1 saturated heterocycles. The number of anilines is 1. The molecule has 0 bridgehead atoms. The van der Waals surface area contributed by atoms with Gasteiger partial charge in [0, 0.05) is 39.3 Å². The van der Waals surface area contributed by atoms with Crippen LogP contribution in [0.4, 0.5) is 5.95 Å². The van der Waals surface area contributed by atoms with Crippen molar-refractivity contribution in [2.75, 3.05) is 50.7 Å². The fourth-order valence-electron chi connectivity index (χ4n) is 3.21. The van der Waals surface area contributed by atoms with Crippen molar-refractivity contribution < 1.29 is 4.79 Å². The Bertz CT molecular complexity index is 791. The third-order valence-corrected chi connectivity index (χ3v) is 4.75. The van der Waals surface area contributed by atoms with Crippen LogP contribution in [0.3, 0.4) is 0 Å². The molecule has 2 aromatic rings. The predicted octanol–water partition coefficient (Wildman–Crippen LogP) is 0.913. The van der Waals surface area contributed by atoms with E-state index in [1.807, 2.05) is 36.9 Å². The Morgan fingerprint density at radius 1 is 1.16 bits per heavy atom. The molecule has 7 heteroatoms. The van der Waals surface area contributed by atoms with E-state index in [0.29, 0.717) is 23.4 Å². The van der Waals surface area contributed by atoms with Crippen molar-refractivity contribution in [3.8, 4) is 0 Å². The summed E-state index contributed by atoms with van der Waals surface area (Å²) in [6, 6.07) is 7.36. The van der Waals surface area contributed by atoms with Crippen molar-refractivity contribution in [3.63, 3.8) is 0 Å². The fraction of sp³-hybridized carbons (Fsp3) is 0.500. The molecule has 134 valence electrons. The maximum atomic E-state index is 12.2. The second kappa shape index (κ2) is 7.65. The lowest BCUT2D eigenvalue weighted by Gasteiger charge is -2.35. The molecule has 1 N–H and O–H groups in total. The number of para-hydroxylation sites is 1. The summed E-state index contributed by atoms with van der Waals surface area (Å²) in [7, 11) is 0. The summed E-state index contributed by atoms with van der Waals surface area (Å²) in [6.45, 7) is 9.00. The van der Waals surface area contributed by atoms with Crippen molar-refractivity contribution in [2.24, 2.45) is 0 Å². The number of aromatic amines is 1. The molecule has 7 nitrogen and oxygen atoms in total. The van der Waals surface area contributed by atoms with Gasteiger partial charge < -0.3 is 9.80 Å². The average Bonchev–Trinajstić information content (AvgIpc) is 2.63. The van der Waals surface area contributed by atoms with Gasteiger partial charge in [-0.25, -0.2) is 4.98 Å². The molecule has 1 amide bonds. The van der Waals surface area contributed by atoms with E-state index in [1.165, 1.54) is 0 Å². The molecule has 1 aromatic carbocycles. The Morgan fingerprint density at radius 3 is 2.52 bits per heavy atom. The van der Waals surface area contributed by atoms with Crippen molar-refractivity contribution in [1.29, 1.82) is 0 Å². The van der Waals surface area contributed by atoms with Gasteiger partial charge in [0.05, 0.1) is 17.4 Å². The van der Waals surface area contributed by atoms with Crippen LogP contribution in [0.1, 0.15) is 13.8 Å². The number of hydrogen-bond acceptors (Lipinski definition) is 5. The molecule has 1 aliphatic rings. The van der Waals surface area contributed by atoms with E-state index in [-0.39, 0.29) is 11.5 Å². The summed E-state index contributed by atoms with van der Waals surface area (Å²) in [6.07, 6.45) is 0. The first-order valence-electron chi connectivity index (χ1n) is 8.86. The summed E-state index contributed by atoms with van der Waals surface area (Å²) >= 11 is 0. The van der Waals surface area contributed by atoms with E-state index in [1.54, 1.807) is 6.07 Å². The topological polar surface area (TPSA) is 72.5 Å². The van der Waals surface area contributed by atoms with Crippen molar-refractivity contribution >= 4 is 22.8 Å². The highest BCUT2D eigenvalue weighted by Gasteiger charge is 2.22. The molecule has 25 heavy (non-hydrogen) atoms.